The first-order valence-corrected chi connectivity index (χ1v) is 32.4. The van der Waals surface area contributed by atoms with Gasteiger partial charge >= 0.3 is 0 Å². The van der Waals surface area contributed by atoms with Gasteiger partial charge in [0.05, 0.1) is 63.9 Å². The monoisotopic (exact) mass is 1260 g/mol. The molecule has 0 aliphatic heterocycles. The van der Waals surface area contributed by atoms with Crippen molar-refractivity contribution in [3.05, 3.63) is 69.8 Å². The first-order chi connectivity index (χ1) is 44.6. The molecule has 1 fully saturated rings. The molecule has 0 saturated heterocycles. The lowest BCUT2D eigenvalue weighted by molar-refractivity contribution is -0.120. The second-order valence-corrected chi connectivity index (χ2v) is 22.9. The summed E-state index contributed by atoms with van der Waals surface area (Å²) in [6.45, 7) is 6.25. The average Bonchev–Trinajstić information content (AvgIpc) is 0.916. The maximum Gasteiger partial charge on any atom is 0.251 e. The molecule has 3 aromatic rings. The van der Waals surface area contributed by atoms with E-state index in [1.165, 1.54) is 13.8 Å². The molecule has 17 nitrogen and oxygen atoms in total. The Bertz CT molecular complexity index is 2870. The van der Waals surface area contributed by atoms with Crippen molar-refractivity contribution >= 4 is 35.3 Å². The number of hydrogen-bond donors (Lipinski definition) is 5. The maximum absolute atomic E-state index is 15.0. The highest BCUT2D eigenvalue weighted by Crippen LogP contribution is 2.36. The topological polar surface area (TPSA) is 218 Å². The molecule has 3 aromatic carbocycles. The van der Waals surface area contributed by atoms with E-state index in [0.717, 1.165) is 18.4 Å². The van der Waals surface area contributed by atoms with Gasteiger partial charge in [0.25, 0.3) is 17.7 Å². The van der Waals surface area contributed by atoms with E-state index in [2.05, 4.69) is 62.1 Å². The zero-order chi connectivity index (χ0) is 66.7. The van der Waals surface area contributed by atoms with Crippen LogP contribution in [0.15, 0.2) is 36.4 Å². The van der Waals surface area contributed by atoms with E-state index in [1.54, 1.807) is 43.3 Å². The van der Waals surface area contributed by atoms with Gasteiger partial charge in [0.2, 0.25) is 11.8 Å². The van der Waals surface area contributed by atoms with E-state index in [1.807, 2.05) is 0 Å². The fourth-order valence-corrected chi connectivity index (χ4v) is 10.3. The standard InChI is InChI=1S/C75H95N5O12/c1-10-16-22-30-38-87-67-44-58(45-68(88-39-31-23-17-11-2)64(67)37-29-28-36-55(7)81)73(84)78-61-50-62(79-74(85)59-46-69(89-40-32-24-18-12-3)65(53-76-56(8)82)70(47-59)90-41-33-25-19-13-4)52-63(51-61)80-75(86)60-48-71(91-42-34-26-20-14-5)66(54-77-57(9)83)72(49-60)92-43-35-27-21-15-6/h1-6,44-49,61-63H,16-43,50-54H2,7-9H3,(H,76,82)(H,77,83)(H,78,84)(H,79,85)(H,80,86)/t61?,62-,63+. The zero-order valence-electron chi connectivity index (χ0n) is 54.4. The second kappa shape index (κ2) is 44.3. The summed E-state index contributed by atoms with van der Waals surface area (Å²) in [6.07, 6.45) is 47.9. The van der Waals surface area contributed by atoms with Gasteiger partial charge in [-0.2, -0.15) is 0 Å². The van der Waals surface area contributed by atoms with Crippen LogP contribution in [0.25, 0.3) is 0 Å². The third-order valence-electron chi connectivity index (χ3n) is 15.1. The largest absolute Gasteiger partial charge is 0.493 e. The SMILES string of the molecule is C#CCCCCOc1cc(C(=O)NC2C[C@@H](NC(=O)c3cc(OCCCCC#C)c(CNC(C)=O)c(OCCCCC#C)c3)C[C@@H](NC(=O)c3cc(OCCCCC#C)c(CNC(C)=O)c(OCCCCC#C)c3)C2)cc(OCCCCC#C)c1CCCCC(C)=O. The Balaban J connectivity index is 1.84. The van der Waals surface area contributed by atoms with Crippen molar-refractivity contribution in [1.29, 1.82) is 0 Å². The minimum atomic E-state index is -0.641. The van der Waals surface area contributed by atoms with Gasteiger partial charge in [0.1, 0.15) is 40.3 Å². The number of ether oxygens (including phenoxy) is 6. The number of hydrogen-bond acceptors (Lipinski definition) is 12. The molecule has 4 rings (SSSR count). The zero-order valence-corrected chi connectivity index (χ0v) is 54.4. The van der Waals surface area contributed by atoms with Gasteiger partial charge in [-0.05, 0) is 159 Å². The lowest BCUT2D eigenvalue weighted by atomic mass is 9.86. The number of benzene rings is 3. The molecule has 1 saturated carbocycles. The first kappa shape index (κ1) is 75.3. The van der Waals surface area contributed by atoms with Gasteiger partial charge in [-0.3, -0.25) is 24.0 Å². The van der Waals surface area contributed by atoms with Crippen LogP contribution in [0.4, 0.5) is 0 Å². The van der Waals surface area contributed by atoms with Gasteiger partial charge in [-0.15, -0.1) is 74.1 Å². The molecule has 0 radical (unpaired) electrons. The van der Waals surface area contributed by atoms with Crippen molar-refractivity contribution < 1.29 is 57.2 Å². The molecule has 0 heterocycles. The smallest absolute Gasteiger partial charge is 0.251 e. The Morgan fingerprint density at radius 2 is 0.620 bits per heavy atom. The highest BCUT2D eigenvalue weighted by Gasteiger charge is 2.34. The predicted molar refractivity (Wildman–Crippen MR) is 359 cm³/mol. The van der Waals surface area contributed by atoms with Crippen molar-refractivity contribution in [3.63, 3.8) is 0 Å². The number of ketones is 1. The van der Waals surface area contributed by atoms with E-state index >= 15 is 0 Å². The predicted octanol–water partition coefficient (Wildman–Crippen LogP) is 11.2. The van der Waals surface area contributed by atoms with Crippen LogP contribution in [0, 0.1) is 74.1 Å². The van der Waals surface area contributed by atoms with Crippen LogP contribution in [0.3, 0.4) is 0 Å². The van der Waals surface area contributed by atoms with E-state index in [0.29, 0.717) is 187 Å². The molecule has 5 N–H and O–H groups in total. The van der Waals surface area contributed by atoms with Gasteiger partial charge < -0.3 is 59.8 Å². The van der Waals surface area contributed by atoms with E-state index in [9.17, 15) is 28.8 Å². The lowest BCUT2D eigenvalue weighted by Gasteiger charge is -2.36. The number of carbonyl (C=O) groups excluding carboxylic acids is 6. The number of terminal acetylenes is 6. The summed E-state index contributed by atoms with van der Waals surface area (Å²) in [5.74, 6) is 16.4. The molecule has 0 bridgehead atoms. The summed E-state index contributed by atoms with van der Waals surface area (Å²) < 4.78 is 38.3. The third-order valence-corrected chi connectivity index (χ3v) is 15.1. The van der Waals surface area contributed by atoms with Crippen LogP contribution in [-0.4, -0.2) is 93.1 Å². The van der Waals surface area contributed by atoms with E-state index in [-0.39, 0.29) is 93.1 Å². The fraction of sp³-hybridized carbons (Fsp3) is 0.520. The number of unbranched alkanes of at least 4 members (excludes halogenated alkanes) is 13. The molecular formula is C75H95N5O12. The van der Waals surface area contributed by atoms with Gasteiger partial charge in [-0.25, -0.2) is 0 Å². The molecule has 17 heteroatoms. The van der Waals surface area contributed by atoms with E-state index in [4.69, 9.17) is 67.0 Å². The molecule has 0 aromatic heterocycles. The van der Waals surface area contributed by atoms with Crippen LogP contribution in [0.2, 0.25) is 0 Å². The molecule has 1 aliphatic carbocycles. The lowest BCUT2D eigenvalue weighted by Crippen LogP contribution is -2.53. The van der Waals surface area contributed by atoms with E-state index < -0.39 is 35.8 Å². The third kappa shape index (κ3) is 28.8. The van der Waals surface area contributed by atoms with Gasteiger partial charge in [-0.1, -0.05) is 0 Å². The Kier molecular flexibility index (Phi) is 36.3. The molecule has 492 valence electrons. The minimum absolute atomic E-state index is 0.0599. The van der Waals surface area contributed by atoms with Crippen LogP contribution in [-0.2, 0) is 33.9 Å². The summed E-state index contributed by atoms with van der Waals surface area (Å²) in [5, 5.41) is 15.4. The van der Waals surface area contributed by atoms with Crippen LogP contribution in [0.5, 0.6) is 34.5 Å². The number of amides is 5. The van der Waals surface area contributed by atoms with Gasteiger partial charge in [0, 0.05) is 99.2 Å². The average molecular weight is 1260 g/mol. The Labute approximate surface area is 547 Å². The molecule has 92 heavy (non-hydrogen) atoms. The van der Waals surface area contributed by atoms with Crippen molar-refractivity contribution in [2.45, 2.75) is 213 Å². The Hall–Kier alpha value is -9.16. The Morgan fingerprint density at radius 1 is 0.370 bits per heavy atom. The van der Waals surface area contributed by atoms with Crippen molar-refractivity contribution in [1.82, 2.24) is 26.6 Å². The van der Waals surface area contributed by atoms with Crippen molar-refractivity contribution in [3.8, 4) is 109 Å². The minimum Gasteiger partial charge on any atom is -0.493 e. The maximum atomic E-state index is 15.0. The van der Waals surface area contributed by atoms with Crippen LogP contribution in [0.1, 0.15) is 223 Å². The highest BCUT2D eigenvalue weighted by molar-refractivity contribution is 5.97. The Morgan fingerprint density at radius 3 is 0.848 bits per heavy atom. The molecule has 3 atom stereocenters. The number of rotatable bonds is 45. The summed E-state index contributed by atoms with van der Waals surface area (Å²) in [6, 6.07) is 7.99. The summed E-state index contributed by atoms with van der Waals surface area (Å²) in [5.41, 5.74) is 2.54. The molecule has 5 amide bonds. The summed E-state index contributed by atoms with van der Waals surface area (Å²) in [4.78, 5) is 81.3. The second-order valence-electron chi connectivity index (χ2n) is 22.9. The highest BCUT2D eigenvalue weighted by atomic mass is 16.5. The molecular weight excluding hydrogens is 1160 g/mol. The molecule has 1 unspecified atom stereocenters. The van der Waals surface area contributed by atoms with Gasteiger partial charge in [0.15, 0.2) is 0 Å². The number of Topliss-reactive ketones (excluding diaryl/α,β-unsaturated/α-hetero) is 1. The summed E-state index contributed by atoms with van der Waals surface area (Å²) in [7, 11) is 0. The summed E-state index contributed by atoms with van der Waals surface area (Å²) >= 11 is 0. The molecule has 0 spiro atoms. The number of nitrogens with one attached hydrogen (secondary N) is 5. The normalized spacial score (nSPS) is 13.8. The van der Waals surface area contributed by atoms with Crippen LogP contribution < -0.4 is 55.0 Å². The fourth-order valence-electron chi connectivity index (χ4n) is 10.3. The quantitative estimate of drug-likeness (QED) is 0.0264. The van der Waals surface area contributed by atoms with Crippen molar-refractivity contribution in [2.75, 3.05) is 39.6 Å². The van der Waals surface area contributed by atoms with Crippen LogP contribution >= 0.6 is 0 Å². The number of carbonyl (C=O) groups is 6. The molecule has 1 aliphatic rings. The van der Waals surface area contributed by atoms with Crippen molar-refractivity contribution in [2.24, 2.45) is 0 Å². The first-order valence-electron chi connectivity index (χ1n) is 32.4.